The summed E-state index contributed by atoms with van der Waals surface area (Å²) in [4.78, 5) is 17.5. The van der Waals surface area contributed by atoms with E-state index in [0.717, 1.165) is 31.5 Å². The van der Waals surface area contributed by atoms with Crippen molar-refractivity contribution < 1.29 is 13.2 Å². The zero-order valence-corrected chi connectivity index (χ0v) is 18.2. The van der Waals surface area contributed by atoms with Crippen molar-refractivity contribution in [2.24, 2.45) is 0 Å². The number of benzene rings is 2. The standard InChI is InChI=1S/C23H26N4O3S/c24-18-19-8-10-21(11-9-19)31(29,30)27-16-14-25(15-17-27)22(20-6-2-1-3-7-20)23(28)26-12-4-5-13-26/h1-3,6-11,22H,4-5,12-17H2. The summed E-state index contributed by atoms with van der Waals surface area (Å²) in [6.45, 7) is 3.17. The number of amides is 1. The predicted molar refractivity (Wildman–Crippen MR) is 116 cm³/mol. The van der Waals surface area contributed by atoms with Crippen LogP contribution in [0.1, 0.15) is 30.0 Å². The zero-order chi connectivity index (χ0) is 21.8. The average molecular weight is 439 g/mol. The Hall–Kier alpha value is -2.73. The van der Waals surface area contributed by atoms with Crippen molar-refractivity contribution in [1.29, 1.82) is 5.26 Å². The van der Waals surface area contributed by atoms with Crippen LogP contribution < -0.4 is 0 Å². The molecule has 1 amide bonds. The van der Waals surface area contributed by atoms with Crippen LogP contribution in [0.25, 0.3) is 0 Å². The van der Waals surface area contributed by atoms with Crippen LogP contribution in [0.2, 0.25) is 0 Å². The molecule has 2 aliphatic rings. The van der Waals surface area contributed by atoms with E-state index in [1.165, 1.54) is 28.6 Å². The van der Waals surface area contributed by atoms with E-state index in [1.54, 1.807) is 0 Å². The van der Waals surface area contributed by atoms with Gasteiger partial charge in [0.15, 0.2) is 0 Å². The monoisotopic (exact) mass is 438 g/mol. The minimum Gasteiger partial charge on any atom is -0.341 e. The molecular formula is C23H26N4O3S. The van der Waals surface area contributed by atoms with Gasteiger partial charge in [-0.1, -0.05) is 30.3 Å². The number of piperazine rings is 1. The molecule has 0 aromatic heterocycles. The lowest BCUT2D eigenvalue weighted by atomic mass is 10.0. The maximum atomic E-state index is 13.3. The molecule has 4 rings (SSSR count). The zero-order valence-electron chi connectivity index (χ0n) is 17.4. The lowest BCUT2D eigenvalue weighted by molar-refractivity contribution is -0.136. The largest absolute Gasteiger partial charge is 0.341 e. The lowest BCUT2D eigenvalue weighted by Gasteiger charge is -2.39. The molecule has 0 aliphatic carbocycles. The first-order chi connectivity index (χ1) is 15.0. The number of carbonyl (C=O) groups excluding carboxylic acids is 1. The molecule has 8 heteroatoms. The van der Waals surface area contributed by atoms with Crippen LogP contribution >= 0.6 is 0 Å². The Kier molecular flexibility index (Phi) is 6.37. The second-order valence-electron chi connectivity index (χ2n) is 7.92. The Bertz CT molecular complexity index is 1050. The second kappa shape index (κ2) is 9.18. The first-order valence-electron chi connectivity index (χ1n) is 10.6. The summed E-state index contributed by atoms with van der Waals surface area (Å²) in [6.07, 6.45) is 2.06. The van der Waals surface area contributed by atoms with E-state index in [0.29, 0.717) is 31.7 Å². The highest BCUT2D eigenvalue weighted by Gasteiger charge is 2.36. The number of carbonyl (C=O) groups is 1. The topological polar surface area (TPSA) is 84.7 Å². The van der Waals surface area contributed by atoms with Gasteiger partial charge in [0.25, 0.3) is 0 Å². The molecule has 2 aromatic rings. The molecule has 0 saturated carbocycles. The second-order valence-corrected chi connectivity index (χ2v) is 9.86. The molecule has 2 saturated heterocycles. The Morgan fingerprint density at radius 1 is 0.871 bits per heavy atom. The fourth-order valence-electron chi connectivity index (χ4n) is 4.31. The quantitative estimate of drug-likeness (QED) is 0.715. The third kappa shape index (κ3) is 4.49. The summed E-state index contributed by atoms with van der Waals surface area (Å²) in [7, 11) is -3.63. The van der Waals surface area contributed by atoms with Gasteiger partial charge in [-0.05, 0) is 42.7 Å². The van der Waals surface area contributed by atoms with Gasteiger partial charge in [-0.3, -0.25) is 9.69 Å². The summed E-state index contributed by atoms with van der Waals surface area (Å²) in [5.41, 5.74) is 1.37. The van der Waals surface area contributed by atoms with Crippen molar-refractivity contribution in [2.75, 3.05) is 39.3 Å². The molecule has 2 aliphatic heterocycles. The van der Waals surface area contributed by atoms with Crippen molar-refractivity contribution >= 4 is 15.9 Å². The van der Waals surface area contributed by atoms with Crippen molar-refractivity contribution in [3.05, 3.63) is 65.7 Å². The van der Waals surface area contributed by atoms with Crippen LogP contribution in [-0.4, -0.2) is 67.7 Å². The first-order valence-corrected chi connectivity index (χ1v) is 12.0. The van der Waals surface area contributed by atoms with Crippen LogP contribution in [0.15, 0.2) is 59.5 Å². The number of nitriles is 1. The van der Waals surface area contributed by atoms with E-state index in [4.69, 9.17) is 5.26 Å². The number of likely N-dealkylation sites (tertiary alicyclic amines) is 1. The molecular weight excluding hydrogens is 412 g/mol. The summed E-state index contributed by atoms with van der Waals surface area (Å²) < 4.78 is 27.5. The summed E-state index contributed by atoms with van der Waals surface area (Å²) >= 11 is 0. The predicted octanol–water partition coefficient (Wildman–Crippen LogP) is 2.23. The van der Waals surface area contributed by atoms with E-state index >= 15 is 0 Å². The molecule has 0 N–H and O–H groups in total. The molecule has 0 radical (unpaired) electrons. The Morgan fingerprint density at radius 2 is 1.48 bits per heavy atom. The number of hydrogen-bond donors (Lipinski definition) is 0. The lowest BCUT2D eigenvalue weighted by Crippen LogP contribution is -2.52. The first kappa shape index (κ1) is 21.5. The normalized spacial score (nSPS) is 19.1. The number of hydrogen-bond acceptors (Lipinski definition) is 5. The molecule has 1 atom stereocenters. The van der Waals surface area contributed by atoms with Gasteiger partial charge in [-0.15, -0.1) is 0 Å². The van der Waals surface area contributed by atoms with Gasteiger partial charge in [0.1, 0.15) is 6.04 Å². The van der Waals surface area contributed by atoms with Crippen LogP contribution in [-0.2, 0) is 14.8 Å². The van der Waals surface area contributed by atoms with Crippen LogP contribution in [0.5, 0.6) is 0 Å². The molecule has 2 heterocycles. The summed E-state index contributed by atoms with van der Waals surface area (Å²) in [6, 6.07) is 17.3. The van der Waals surface area contributed by atoms with E-state index in [1.807, 2.05) is 41.3 Å². The van der Waals surface area contributed by atoms with Crippen LogP contribution in [0.4, 0.5) is 0 Å². The highest BCUT2D eigenvalue weighted by atomic mass is 32.2. The fourth-order valence-corrected chi connectivity index (χ4v) is 5.73. The highest BCUT2D eigenvalue weighted by Crippen LogP contribution is 2.28. The van der Waals surface area contributed by atoms with Crippen molar-refractivity contribution in [3.8, 4) is 6.07 Å². The smallest absolute Gasteiger partial charge is 0.244 e. The van der Waals surface area contributed by atoms with E-state index < -0.39 is 10.0 Å². The van der Waals surface area contributed by atoms with Gasteiger partial charge < -0.3 is 4.90 Å². The SMILES string of the molecule is N#Cc1ccc(S(=O)(=O)N2CCN(C(C(=O)N3CCCC3)c3ccccc3)CC2)cc1. The van der Waals surface area contributed by atoms with Gasteiger partial charge >= 0.3 is 0 Å². The number of nitrogens with zero attached hydrogens (tertiary/aromatic N) is 4. The van der Waals surface area contributed by atoms with Crippen molar-refractivity contribution in [3.63, 3.8) is 0 Å². The molecule has 0 bridgehead atoms. The molecule has 162 valence electrons. The third-order valence-electron chi connectivity index (χ3n) is 6.03. The fraction of sp³-hybridized carbons (Fsp3) is 0.391. The number of rotatable bonds is 5. The molecule has 2 fully saturated rings. The number of sulfonamides is 1. The third-order valence-corrected chi connectivity index (χ3v) is 7.94. The van der Waals surface area contributed by atoms with Crippen molar-refractivity contribution in [2.45, 2.75) is 23.8 Å². The minimum absolute atomic E-state index is 0.104. The average Bonchev–Trinajstić information content (AvgIpc) is 3.35. The van der Waals surface area contributed by atoms with Crippen LogP contribution in [0.3, 0.4) is 0 Å². The van der Waals surface area contributed by atoms with Gasteiger partial charge in [0.2, 0.25) is 15.9 Å². The molecule has 2 aromatic carbocycles. The highest BCUT2D eigenvalue weighted by molar-refractivity contribution is 7.89. The van der Waals surface area contributed by atoms with Gasteiger partial charge in [-0.25, -0.2) is 8.42 Å². The Labute approximate surface area is 183 Å². The molecule has 0 spiro atoms. The maximum absolute atomic E-state index is 13.3. The molecule has 31 heavy (non-hydrogen) atoms. The van der Waals surface area contributed by atoms with E-state index in [2.05, 4.69) is 4.90 Å². The van der Waals surface area contributed by atoms with Gasteiger partial charge in [0, 0.05) is 39.3 Å². The van der Waals surface area contributed by atoms with Crippen LogP contribution in [0, 0.1) is 11.3 Å². The molecule has 7 nitrogen and oxygen atoms in total. The van der Waals surface area contributed by atoms with Crippen molar-refractivity contribution in [1.82, 2.24) is 14.1 Å². The Morgan fingerprint density at radius 3 is 2.06 bits per heavy atom. The minimum atomic E-state index is -3.63. The summed E-state index contributed by atoms with van der Waals surface area (Å²) in [5.74, 6) is 0.104. The molecule has 1 unspecified atom stereocenters. The van der Waals surface area contributed by atoms with Gasteiger partial charge in [-0.2, -0.15) is 9.57 Å². The van der Waals surface area contributed by atoms with E-state index in [9.17, 15) is 13.2 Å². The van der Waals surface area contributed by atoms with Gasteiger partial charge in [0.05, 0.1) is 16.5 Å². The maximum Gasteiger partial charge on any atom is 0.244 e. The van der Waals surface area contributed by atoms with E-state index in [-0.39, 0.29) is 16.8 Å². The summed E-state index contributed by atoms with van der Waals surface area (Å²) in [5, 5.41) is 8.93. The Balaban J connectivity index is 1.50.